The maximum atomic E-state index is 14.8. The molecule has 2 saturated heterocycles. The molecule has 0 bridgehead atoms. The summed E-state index contributed by atoms with van der Waals surface area (Å²) in [5.41, 5.74) is 5.44. The highest BCUT2D eigenvalue weighted by Gasteiger charge is 2.29. The van der Waals surface area contributed by atoms with Gasteiger partial charge < -0.3 is 20.1 Å². The lowest BCUT2D eigenvalue weighted by Gasteiger charge is -2.38. The Bertz CT molecular complexity index is 671. The number of aromatic nitrogens is 1. The predicted octanol–water partition coefficient (Wildman–Crippen LogP) is 2.23. The van der Waals surface area contributed by atoms with Gasteiger partial charge >= 0.3 is 5.97 Å². The zero-order valence-corrected chi connectivity index (χ0v) is 15.5. The molecule has 0 aromatic carbocycles. The number of halogens is 1. The molecule has 0 aliphatic carbocycles. The lowest BCUT2D eigenvalue weighted by molar-refractivity contribution is -0.143. The first-order chi connectivity index (χ1) is 13.0. The monoisotopic (exact) mass is 378 g/mol. The van der Waals surface area contributed by atoms with Crippen LogP contribution in [0.5, 0.6) is 0 Å². The molecule has 8 heteroatoms. The molecule has 148 valence electrons. The molecule has 0 unspecified atom stereocenters. The van der Waals surface area contributed by atoms with Gasteiger partial charge in [-0.2, -0.15) is 0 Å². The fourth-order valence-corrected chi connectivity index (χ4v) is 3.94. The summed E-state index contributed by atoms with van der Waals surface area (Å²) in [5, 5.41) is 7.09. The maximum Gasteiger partial charge on any atom is 0.313 e. The van der Waals surface area contributed by atoms with Crippen molar-refractivity contribution in [2.75, 3.05) is 31.2 Å². The van der Waals surface area contributed by atoms with Crippen LogP contribution in [-0.2, 0) is 20.9 Å². The van der Waals surface area contributed by atoms with Gasteiger partial charge in [-0.15, -0.1) is 0 Å². The highest BCUT2D eigenvalue weighted by Crippen LogP contribution is 2.33. The number of piperidine rings is 1. The van der Waals surface area contributed by atoms with Gasteiger partial charge in [0.25, 0.3) is 0 Å². The number of pyridine rings is 1. The molecule has 2 fully saturated rings. The minimum Gasteiger partial charge on any atom is -0.460 e. The summed E-state index contributed by atoms with van der Waals surface area (Å²) in [6, 6.07) is 1.51. The van der Waals surface area contributed by atoms with E-state index in [1.165, 1.54) is 12.3 Å². The number of carbonyl (C=O) groups is 1. The van der Waals surface area contributed by atoms with E-state index in [4.69, 9.17) is 20.6 Å². The van der Waals surface area contributed by atoms with Crippen molar-refractivity contribution in [1.29, 1.82) is 5.41 Å². The van der Waals surface area contributed by atoms with Crippen molar-refractivity contribution in [1.82, 2.24) is 4.98 Å². The molecule has 0 spiro atoms. The first-order valence-electron chi connectivity index (χ1n) is 9.49. The largest absolute Gasteiger partial charge is 0.460 e. The van der Waals surface area contributed by atoms with Gasteiger partial charge in [-0.1, -0.05) is 0 Å². The van der Waals surface area contributed by atoms with Crippen molar-refractivity contribution in [3.05, 3.63) is 23.6 Å². The van der Waals surface area contributed by atoms with Crippen LogP contribution in [0.3, 0.4) is 0 Å². The minimum absolute atomic E-state index is 0.188. The topological polar surface area (TPSA) is 102 Å². The van der Waals surface area contributed by atoms with Gasteiger partial charge in [0.05, 0.1) is 0 Å². The Hall–Kier alpha value is -2.22. The number of hydrogen-bond acceptors (Lipinski definition) is 6. The molecule has 3 N–H and O–H groups in total. The fourth-order valence-electron chi connectivity index (χ4n) is 3.94. The summed E-state index contributed by atoms with van der Waals surface area (Å²) in [6.07, 6.45) is 5.56. The maximum absolute atomic E-state index is 14.8. The number of esters is 1. The van der Waals surface area contributed by atoms with Gasteiger partial charge in [0.1, 0.15) is 18.9 Å². The van der Waals surface area contributed by atoms with Crippen LogP contribution in [0.25, 0.3) is 0 Å². The van der Waals surface area contributed by atoms with Crippen molar-refractivity contribution < 1.29 is 18.7 Å². The summed E-state index contributed by atoms with van der Waals surface area (Å²) < 4.78 is 25.3. The third kappa shape index (κ3) is 5.15. The van der Waals surface area contributed by atoms with Crippen LogP contribution in [-0.4, -0.2) is 43.1 Å². The number of nitrogens with zero attached hydrogens (tertiary/aromatic N) is 2. The van der Waals surface area contributed by atoms with Crippen molar-refractivity contribution in [2.45, 2.75) is 38.7 Å². The minimum atomic E-state index is -0.641. The van der Waals surface area contributed by atoms with Gasteiger partial charge in [-0.25, -0.2) is 9.37 Å². The number of rotatable bonds is 6. The molecule has 2 aliphatic rings. The van der Waals surface area contributed by atoms with Crippen LogP contribution in [0.4, 0.5) is 10.2 Å². The standard InChI is InChI=1S/C19H27FN4O3/c20-18-15(12-27-17(25)11-16(21)22)1-6-23-19(18)24-7-2-13(3-8-24)14-4-9-26-10-5-14/h1,6,13-14H,2-5,7-12H2,(H3,21,22). The number of amidine groups is 1. The third-order valence-electron chi connectivity index (χ3n) is 5.45. The molecule has 0 saturated carbocycles. The SMILES string of the molecule is N=C(N)CC(=O)OCc1ccnc(N2CCC(C3CCOCC3)CC2)c1F. The first kappa shape index (κ1) is 19.5. The second-order valence-electron chi connectivity index (χ2n) is 7.24. The molecule has 0 atom stereocenters. The number of nitrogens with two attached hydrogens (primary N) is 1. The second-order valence-corrected chi connectivity index (χ2v) is 7.24. The molecular weight excluding hydrogens is 351 g/mol. The van der Waals surface area contributed by atoms with Crippen LogP contribution in [0.15, 0.2) is 12.3 Å². The Morgan fingerprint density at radius 3 is 2.63 bits per heavy atom. The number of ether oxygens (including phenoxy) is 2. The number of hydrogen-bond donors (Lipinski definition) is 2. The van der Waals surface area contributed by atoms with Crippen LogP contribution in [0.1, 0.15) is 37.7 Å². The molecule has 1 aromatic heterocycles. The van der Waals surface area contributed by atoms with Gasteiger partial charge in [0, 0.05) is 38.1 Å². The van der Waals surface area contributed by atoms with Gasteiger partial charge in [0.15, 0.2) is 11.6 Å². The Balaban J connectivity index is 1.57. The van der Waals surface area contributed by atoms with E-state index in [1.54, 1.807) is 0 Å². The molecule has 0 amide bonds. The molecular formula is C19H27FN4O3. The van der Waals surface area contributed by atoms with Crippen LogP contribution >= 0.6 is 0 Å². The zero-order valence-electron chi connectivity index (χ0n) is 15.5. The molecule has 3 heterocycles. The van der Waals surface area contributed by atoms with Crippen molar-refractivity contribution >= 4 is 17.6 Å². The van der Waals surface area contributed by atoms with Crippen molar-refractivity contribution in [3.8, 4) is 0 Å². The Morgan fingerprint density at radius 2 is 1.96 bits per heavy atom. The summed E-state index contributed by atoms with van der Waals surface area (Å²) in [6.45, 7) is 3.07. The van der Waals surface area contributed by atoms with E-state index in [2.05, 4.69) is 4.98 Å². The zero-order chi connectivity index (χ0) is 19.2. The predicted molar refractivity (Wildman–Crippen MR) is 99.0 cm³/mol. The highest BCUT2D eigenvalue weighted by atomic mass is 19.1. The highest BCUT2D eigenvalue weighted by molar-refractivity contribution is 5.94. The quantitative estimate of drug-likeness (QED) is 0.447. The van der Waals surface area contributed by atoms with Crippen molar-refractivity contribution in [2.24, 2.45) is 17.6 Å². The third-order valence-corrected chi connectivity index (χ3v) is 5.45. The molecule has 27 heavy (non-hydrogen) atoms. The van der Waals surface area contributed by atoms with Crippen LogP contribution < -0.4 is 10.6 Å². The van der Waals surface area contributed by atoms with Gasteiger partial charge in [-0.05, 0) is 43.6 Å². The number of anilines is 1. The summed E-state index contributed by atoms with van der Waals surface area (Å²) in [7, 11) is 0. The van der Waals surface area contributed by atoms with Crippen LogP contribution in [0, 0.1) is 23.1 Å². The Morgan fingerprint density at radius 1 is 1.30 bits per heavy atom. The molecule has 0 radical (unpaired) electrons. The van der Waals surface area contributed by atoms with Gasteiger partial charge in [0.2, 0.25) is 0 Å². The average Bonchev–Trinajstić information content (AvgIpc) is 2.67. The van der Waals surface area contributed by atoms with E-state index in [0.717, 1.165) is 52.0 Å². The van der Waals surface area contributed by atoms with E-state index in [9.17, 15) is 9.18 Å². The normalized spacial score (nSPS) is 19.1. The average molecular weight is 378 g/mol. The van der Waals surface area contributed by atoms with Crippen molar-refractivity contribution in [3.63, 3.8) is 0 Å². The van der Waals surface area contributed by atoms with Gasteiger partial charge in [-0.3, -0.25) is 10.2 Å². The van der Waals surface area contributed by atoms with E-state index in [1.807, 2.05) is 4.90 Å². The van der Waals surface area contributed by atoms with E-state index < -0.39 is 11.8 Å². The Kier molecular flexibility index (Phi) is 6.60. The molecule has 2 aliphatic heterocycles. The Labute approximate surface area is 158 Å². The second kappa shape index (κ2) is 9.12. The number of carbonyl (C=O) groups excluding carboxylic acids is 1. The lowest BCUT2D eigenvalue weighted by atomic mass is 9.80. The lowest BCUT2D eigenvalue weighted by Crippen LogP contribution is -2.38. The summed E-state index contributed by atoms with van der Waals surface area (Å²) in [4.78, 5) is 17.7. The summed E-state index contributed by atoms with van der Waals surface area (Å²) >= 11 is 0. The first-order valence-corrected chi connectivity index (χ1v) is 9.49. The van der Waals surface area contributed by atoms with E-state index in [-0.39, 0.29) is 24.4 Å². The molecule has 3 rings (SSSR count). The molecule has 7 nitrogen and oxygen atoms in total. The smallest absolute Gasteiger partial charge is 0.313 e. The van der Waals surface area contributed by atoms with Crippen LogP contribution in [0.2, 0.25) is 0 Å². The van der Waals surface area contributed by atoms with E-state index >= 15 is 0 Å². The number of nitrogens with one attached hydrogen (secondary N) is 1. The van der Waals surface area contributed by atoms with E-state index in [0.29, 0.717) is 17.7 Å². The fraction of sp³-hybridized carbons (Fsp3) is 0.632. The summed E-state index contributed by atoms with van der Waals surface area (Å²) in [5.74, 6) is 0.341. The molecule has 1 aromatic rings.